The molecule has 0 spiro atoms. The Labute approximate surface area is 171 Å². The van der Waals surface area contributed by atoms with E-state index >= 15 is 0 Å². The van der Waals surface area contributed by atoms with Gasteiger partial charge < -0.3 is 4.74 Å². The molecular weight excluding hydrogens is 356 g/mol. The van der Waals surface area contributed by atoms with Gasteiger partial charge in [0.2, 0.25) is 0 Å². The number of rotatable bonds is 6. The Balaban J connectivity index is 1.40. The molecule has 0 aliphatic rings. The molecule has 4 rings (SSSR count). The van der Waals surface area contributed by atoms with Crippen LogP contribution in [0.5, 0.6) is 5.75 Å². The Bertz CT molecular complexity index is 1150. The van der Waals surface area contributed by atoms with Gasteiger partial charge in [-0.25, -0.2) is 0 Å². The summed E-state index contributed by atoms with van der Waals surface area (Å²) >= 11 is 0. The maximum atomic E-state index is 12.3. The summed E-state index contributed by atoms with van der Waals surface area (Å²) in [6.07, 6.45) is 3.44. The summed E-state index contributed by atoms with van der Waals surface area (Å²) in [5, 5.41) is 2.43. The summed E-state index contributed by atoms with van der Waals surface area (Å²) in [7, 11) is 0. The Kier molecular flexibility index (Phi) is 5.53. The Morgan fingerprint density at radius 2 is 1.55 bits per heavy atom. The van der Waals surface area contributed by atoms with E-state index in [2.05, 4.69) is 30.3 Å². The molecule has 0 bridgehead atoms. The maximum Gasteiger partial charge on any atom is 0.185 e. The molecule has 2 nitrogen and oxygen atoms in total. The fourth-order valence-corrected chi connectivity index (χ4v) is 3.24. The third-order valence-electron chi connectivity index (χ3n) is 4.92. The van der Waals surface area contributed by atoms with Crippen LogP contribution in [0, 0.1) is 6.92 Å². The van der Waals surface area contributed by atoms with Crippen molar-refractivity contribution in [1.82, 2.24) is 0 Å². The summed E-state index contributed by atoms with van der Waals surface area (Å²) in [6, 6.07) is 30.0. The standard InChI is InChI=1S/C27H22O2/c1-20-9-14-23(15-10-20)27(28)18-13-21-11-16-25(17-12-21)29-19-24-7-4-6-22-5-2-3-8-26(22)24/h2-18H,19H2,1H3/b18-13+. The van der Waals surface area contributed by atoms with Gasteiger partial charge in [0.05, 0.1) is 0 Å². The van der Waals surface area contributed by atoms with Gasteiger partial charge in [-0.3, -0.25) is 4.79 Å². The minimum atomic E-state index is 0.00119. The van der Waals surface area contributed by atoms with Crippen LogP contribution in [0.4, 0.5) is 0 Å². The number of hydrogen-bond acceptors (Lipinski definition) is 2. The SMILES string of the molecule is Cc1ccc(C(=O)/C=C/c2ccc(OCc3cccc4ccccc34)cc2)cc1. The van der Waals surface area contributed by atoms with E-state index < -0.39 is 0 Å². The molecule has 0 radical (unpaired) electrons. The quantitative estimate of drug-likeness (QED) is 0.278. The van der Waals surface area contributed by atoms with Gasteiger partial charge in [0.25, 0.3) is 0 Å². The average molecular weight is 378 g/mol. The van der Waals surface area contributed by atoms with E-state index in [1.54, 1.807) is 6.08 Å². The lowest BCUT2D eigenvalue weighted by Gasteiger charge is -2.09. The van der Waals surface area contributed by atoms with E-state index in [9.17, 15) is 4.79 Å². The number of ether oxygens (including phenoxy) is 1. The number of carbonyl (C=O) groups excluding carboxylic acids is 1. The minimum absolute atomic E-state index is 0.00119. The van der Waals surface area contributed by atoms with Crippen molar-refractivity contribution in [2.75, 3.05) is 0 Å². The molecule has 4 aromatic carbocycles. The van der Waals surface area contributed by atoms with Crippen LogP contribution in [0.1, 0.15) is 27.0 Å². The molecule has 0 unspecified atom stereocenters. The Hall–Kier alpha value is -3.65. The van der Waals surface area contributed by atoms with E-state index in [1.165, 1.54) is 10.8 Å². The fraction of sp³-hybridized carbons (Fsp3) is 0.0741. The lowest BCUT2D eigenvalue weighted by molar-refractivity contribution is 0.104. The van der Waals surface area contributed by atoms with Gasteiger partial charge in [-0.1, -0.05) is 90.5 Å². The number of ketones is 1. The molecule has 0 heterocycles. The number of carbonyl (C=O) groups is 1. The summed E-state index contributed by atoms with van der Waals surface area (Å²) < 4.78 is 5.97. The van der Waals surface area contributed by atoms with E-state index in [4.69, 9.17) is 4.74 Å². The molecule has 0 aliphatic heterocycles. The fourth-order valence-electron chi connectivity index (χ4n) is 3.24. The first-order chi connectivity index (χ1) is 14.2. The van der Waals surface area contributed by atoms with E-state index in [0.29, 0.717) is 12.2 Å². The first kappa shape index (κ1) is 18.7. The highest BCUT2D eigenvalue weighted by atomic mass is 16.5. The van der Waals surface area contributed by atoms with Gasteiger partial charge >= 0.3 is 0 Å². The zero-order valence-corrected chi connectivity index (χ0v) is 16.3. The van der Waals surface area contributed by atoms with E-state index in [-0.39, 0.29) is 5.78 Å². The van der Waals surface area contributed by atoms with Gasteiger partial charge in [-0.15, -0.1) is 0 Å². The number of hydrogen-bond donors (Lipinski definition) is 0. The van der Waals surface area contributed by atoms with Crippen molar-refractivity contribution in [3.63, 3.8) is 0 Å². The van der Waals surface area contributed by atoms with Gasteiger partial charge in [-0.05, 0) is 47.0 Å². The molecule has 142 valence electrons. The van der Waals surface area contributed by atoms with Crippen LogP contribution in [0.3, 0.4) is 0 Å². The molecule has 0 saturated heterocycles. The molecule has 29 heavy (non-hydrogen) atoms. The van der Waals surface area contributed by atoms with Crippen LogP contribution in [0.2, 0.25) is 0 Å². The van der Waals surface area contributed by atoms with Crippen LogP contribution >= 0.6 is 0 Å². The monoisotopic (exact) mass is 378 g/mol. The zero-order valence-electron chi connectivity index (χ0n) is 16.3. The van der Waals surface area contributed by atoms with Crippen LogP contribution in [-0.4, -0.2) is 5.78 Å². The summed E-state index contributed by atoms with van der Waals surface area (Å²) in [6.45, 7) is 2.52. The van der Waals surface area contributed by atoms with E-state index in [0.717, 1.165) is 22.4 Å². The van der Waals surface area contributed by atoms with Gasteiger partial charge in [-0.2, -0.15) is 0 Å². The van der Waals surface area contributed by atoms with Crippen molar-refractivity contribution in [1.29, 1.82) is 0 Å². The number of allylic oxidation sites excluding steroid dienone is 1. The van der Waals surface area contributed by atoms with E-state index in [1.807, 2.05) is 73.7 Å². The first-order valence-electron chi connectivity index (χ1n) is 9.68. The lowest BCUT2D eigenvalue weighted by atomic mass is 10.1. The largest absolute Gasteiger partial charge is 0.489 e. The zero-order chi connectivity index (χ0) is 20.1. The molecule has 0 fully saturated rings. The predicted octanol–water partition coefficient (Wildman–Crippen LogP) is 6.62. The summed E-state index contributed by atoms with van der Waals surface area (Å²) in [4.78, 5) is 12.3. The second-order valence-corrected chi connectivity index (χ2v) is 7.06. The summed E-state index contributed by atoms with van der Waals surface area (Å²) in [5.74, 6) is 0.807. The number of aryl methyl sites for hydroxylation is 1. The lowest BCUT2D eigenvalue weighted by Crippen LogP contribution is -1.96. The second-order valence-electron chi connectivity index (χ2n) is 7.06. The topological polar surface area (TPSA) is 26.3 Å². The average Bonchev–Trinajstić information content (AvgIpc) is 2.77. The predicted molar refractivity (Wildman–Crippen MR) is 119 cm³/mol. The number of fused-ring (bicyclic) bond motifs is 1. The van der Waals surface area contributed by atoms with Crippen molar-refractivity contribution >= 4 is 22.6 Å². The summed E-state index contributed by atoms with van der Waals surface area (Å²) in [5.41, 5.74) is 3.96. The Morgan fingerprint density at radius 3 is 2.34 bits per heavy atom. The maximum absolute atomic E-state index is 12.3. The second kappa shape index (κ2) is 8.57. The van der Waals surface area contributed by atoms with Crippen LogP contribution in [0.25, 0.3) is 16.8 Å². The Morgan fingerprint density at radius 1 is 0.828 bits per heavy atom. The molecule has 0 N–H and O–H groups in total. The molecule has 0 saturated carbocycles. The highest BCUT2D eigenvalue weighted by molar-refractivity contribution is 6.06. The normalized spacial score (nSPS) is 11.1. The molecule has 0 amide bonds. The smallest absolute Gasteiger partial charge is 0.185 e. The highest BCUT2D eigenvalue weighted by Gasteiger charge is 2.03. The third-order valence-corrected chi connectivity index (χ3v) is 4.92. The van der Waals surface area contributed by atoms with Crippen LogP contribution < -0.4 is 4.74 Å². The molecule has 2 heteroatoms. The third kappa shape index (κ3) is 4.61. The molecule has 0 aromatic heterocycles. The van der Waals surface area contributed by atoms with Gasteiger partial charge in [0, 0.05) is 5.56 Å². The van der Waals surface area contributed by atoms with Crippen LogP contribution in [0.15, 0.2) is 97.1 Å². The first-order valence-corrected chi connectivity index (χ1v) is 9.68. The van der Waals surface area contributed by atoms with Crippen molar-refractivity contribution in [3.05, 3.63) is 119 Å². The minimum Gasteiger partial charge on any atom is -0.489 e. The van der Waals surface area contributed by atoms with Crippen molar-refractivity contribution < 1.29 is 9.53 Å². The molecule has 0 aliphatic carbocycles. The van der Waals surface area contributed by atoms with Crippen molar-refractivity contribution in [3.8, 4) is 5.75 Å². The molecule has 4 aromatic rings. The molecule has 0 atom stereocenters. The van der Waals surface area contributed by atoms with Crippen molar-refractivity contribution in [2.45, 2.75) is 13.5 Å². The highest BCUT2D eigenvalue weighted by Crippen LogP contribution is 2.21. The van der Waals surface area contributed by atoms with Gasteiger partial charge in [0.1, 0.15) is 12.4 Å². The van der Waals surface area contributed by atoms with Gasteiger partial charge in [0.15, 0.2) is 5.78 Å². The molecular formula is C27H22O2. The van der Waals surface area contributed by atoms with Crippen molar-refractivity contribution in [2.24, 2.45) is 0 Å². The number of benzene rings is 4. The van der Waals surface area contributed by atoms with Crippen LogP contribution in [-0.2, 0) is 6.61 Å².